The lowest BCUT2D eigenvalue weighted by Gasteiger charge is -2.10. The summed E-state index contributed by atoms with van der Waals surface area (Å²) >= 11 is 0. The summed E-state index contributed by atoms with van der Waals surface area (Å²) < 4.78 is 40.4. The number of aryl methyl sites for hydroxylation is 1. The van der Waals surface area contributed by atoms with Crippen LogP contribution in [0, 0.1) is 6.92 Å². The Bertz CT molecular complexity index is 1080. The van der Waals surface area contributed by atoms with E-state index >= 15 is 0 Å². The van der Waals surface area contributed by atoms with Crippen LogP contribution in [0.4, 0.5) is 19.0 Å². The number of ketones is 1. The smallest absolute Gasteiger partial charge is 0.294 e. The van der Waals surface area contributed by atoms with Gasteiger partial charge in [0, 0.05) is 12.1 Å². The summed E-state index contributed by atoms with van der Waals surface area (Å²) in [6.07, 6.45) is -2.71. The number of aromatic nitrogens is 2. The molecule has 0 amide bonds. The number of hydrogen-bond donors (Lipinski definition) is 0. The van der Waals surface area contributed by atoms with Gasteiger partial charge in [-0.3, -0.25) is 4.79 Å². The number of alkyl halides is 3. The molecule has 0 aliphatic heterocycles. The summed E-state index contributed by atoms with van der Waals surface area (Å²) in [5.74, 6) is 0.187. The normalized spacial score (nSPS) is 12.3. The highest BCUT2D eigenvalue weighted by Crippen LogP contribution is 2.30. The minimum absolute atomic E-state index is 0.185. The zero-order valence-electron chi connectivity index (χ0n) is 16.3. The summed E-state index contributed by atoms with van der Waals surface area (Å²) in [6.45, 7) is 5.08. The van der Waals surface area contributed by atoms with Crippen molar-refractivity contribution in [2.75, 3.05) is 0 Å². The average Bonchev–Trinajstić information content (AvgIpc) is 3.05. The van der Waals surface area contributed by atoms with Gasteiger partial charge < -0.3 is 0 Å². The third-order valence-corrected chi connectivity index (χ3v) is 4.48. The van der Waals surface area contributed by atoms with Crippen LogP contribution in [0.2, 0.25) is 0 Å². The Hall–Kier alpha value is -3.22. The number of aliphatic imine (C=N–C) groups is 1. The number of rotatable bonds is 5. The molecule has 3 rings (SSSR count). The fraction of sp³-hybridized carbons (Fsp3) is 0.227. The highest BCUT2D eigenvalue weighted by atomic mass is 19.4. The molecule has 0 spiro atoms. The molecular weight excluding hydrogens is 379 g/mol. The molecule has 4 nitrogen and oxygen atoms in total. The summed E-state index contributed by atoms with van der Waals surface area (Å²) in [6, 6.07) is 12.7. The van der Waals surface area contributed by atoms with Gasteiger partial charge in [0.2, 0.25) is 0 Å². The predicted molar refractivity (Wildman–Crippen MR) is 106 cm³/mol. The molecule has 2 aromatic carbocycles. The van der Waals surface area contributed by atoms with Crippen molar-refractivity contribution in [2.24, 2.45) is 4.99 Å². The zero-order chi connectivity index (χ0) is 21.2. The van der Waals surface area contributed by atoms with E-state index in [2.05, 4.69) is 10.1 Å². The molecule has 3 aromatic rings. The van der Waals surface area contributed by atoms with Crippen molar-refractivity contribution in [1.29, 1.82) is 0 Å². The van der Waals surface area contributed by atoms with Crippen molar-refractivity contribution in [3.63, 3.8) is 0 Å². The van der Waals surface area contributed by atoms with Gasteiger partial charge in [-0.05, 0) is 44.0 Å². The van der Waals surface area contributed by atoms with Crippen LogP contribution in [0.5, 0.6) is 0 Å². The standard InChI is InChI=1S/C22H20F3N3O/c1-14-7-4-5-10-20(14)28-21(19(13-26-28)16(3)29)27-15(2)11-17-8-6-9-18(12-17)22(23,24)25/h4-10,12-13H,11H2,1-3H3/b27-15+. The minimum Gasteiger partial charge on any atom is -0.294 e. The van der Waals surface area contributed by atoms with Gasteiger partial charge in [0.25, 0.3) is 0 Å². The number of para-hydroxylation sites is 1. The van der Waals surface area contributed by atoms with E-state index in [1.807, 2.05) is 31.2 Å². The van der Waals surface area contributed by atoms with Crippen LogP contribution >= 0.6 is 0 Å². The Balaban J connectivity index is 2.00. The third kappa shape index (κ3) is 4.62. The predicted octanol–water partition coefficient (Wildman–Crippen LogP) is 5.74. The third-order valence-electron chi connectivity index (χ3n) is 4.48. The molecule has 1 aromatic heterocycles. The molecule has 150 valence electrons. The van der Waals surface area contributed by atoms with Crippen LogP contribution in [0.1, 0.15) is 40.9 Å². The van der Waals surface area contributed by atoms with Crippen LogP contribution in [0.25, 0.3) is 5.69 Å². The number of carbonyl (C=O) groups is 1. The first-order valence-electron chi connectivity index (χ1n) is 9.02. The Kier molecular flexibility index (Phi) is 5.68. The van der Waals surface area contributed by atoms with Crippen LogP contribution in [-0.4, -0.2) is 21.3 Å². The Morgan fingerprint density at radius 2 is 1.83 bits per heavy atom. The van der Waals surface area contributed by atoms with Gasteiger partial charge in [0.1, 0.15) is 0 Å². The molecule has 0 bridgehead atoms. The van der Waals surface area contributed by atoms with E-state index in [0.717, 1.165) is 23.4 Å². The molecule has 0 fully saturated rings. The quantitative estimate of drug-likeness (QED) is 0.406. The number of Topliss-reactive ketones (excluding diaryl/α,β-unsaturated/α-hetero) is 1. The second-order valence-electron chi connectivity index (χ2n) is 6.86. The topological polar surface area (TPSA) is 47.2 Å². The minimum atomic E-state index is -4.40. The number of benzene rings is 2. The summed E-state index contributed by atoms with van der Waals surface area (Å²) in [7, 11) is 0. The van der Waals surface area contributed by atoms with Crippen LogP contribution in [0.3, 0.4) is 0 Å². The molecule has 7 heteroatoms. The second-order valence-corrected chi connectivity index (χ2v) is 6.86. The van der Waals surface area contributed by atoms with E-state index in [0.29, 0.717) is 22.7 Å². The van der Waals surface area contributed by atoms with Crippen molar-refractivity contribution < 1.29 is 18.0 Å². The second kappa shape index (κ2) is 8.03. The van der Waals surface area contributed by atoms with Crippen LogP contribution < -0.4 is 0 Å². The van der Waals surface area contributed by atoms with Crippen molar-refractivity contribution >= 4 is 17.3 Å². The molecule has 0 radical (unpaired) electrons. The summed E-state index contributed by atoms with van der Waals surface area (Å²) in [5.41, 5.74) is 2.46. The van der Waals surface area contributed by atoms with Gasteiger partial charge in [-0.2, -0.15) is 18.3 Å². The maximum absolute atomic E-state index is 13.0. The largest absolute Gasteiger partial charge is 0.416 e. The molecule has 0 N–H and O–H groups in total. The summed E-state index contributed by atoms with van der Waals surface area (Å²) in [4.78, 5) is 16.6. The maximum atomic E-state index is 13.0. The van der Waals surface area contributed by atoms with Gasteiger partial charge >= 0.3 is 6.18 Å². The Morgan fingerprint density at radius 1 is 1.10 bits per heavy atom. The van der Waals surface area contributed by atoms with E-state index in [9.17, 15) is 18.0 Å². The maximum Gasteiger partial charge on any atom is 0.416 e. The van der Waals surface area contributed by atoms with E-state index in [-0.39, 0.29) is 12.2 Å². The van der Waals surface area contributed by atoms with E-state index < -0.39 is 11.7 Å². The lowest BCUT2D eigenvalue weighted by Crippen LogP contribution is -2.07. The lowest BCUT2D eigenvalue weighted by molar-refractivity contribution is -0.137. The Labute approximate surface area is 166 Å². The summed E-state index contributed by atoms with van der Waals surface area (Å²) in [5, 5.41) is 4.31. The van der Waals surface area contributed by atoms with Crippen molar-refractivity contribution in [1.82, 2.24) is 9.78 Å². The fourth-order valence-corrected chi connectivity index (χ4v) is 3.05. The molecule has 0 saturated heterocycles. The molecule has 0 atom stereocenters. The van der Waals surface area contributed by atoms with Gasteiger partial charge in [0.05, 0.1) is 23.0 Å². The highest BCUT2D eigenvalue weighted by Gasteiger charge is 2.30. The van der Waals surface area contributed by atoms with Crippen LogP contribution in [0.15, 0.2) is 59.7 Å². The molecule has 1 heterocycles. The van der Waals surface area contributed by atoms with E-state index in [4.69, 9.17) is 0 Å². The van der Waals surface area contributed by atoms with E-state index in [1.54, 1.807) is 17.7 Å². The monoisotopic (exact) mass is 399 g/mol. The molecule has 0 aliphatic carbocycles. The number of carbonyl (C=O) groups excluding carboxylic acids is 1. The zero-order valence-corrected chi connectivity index (χ0v) is 16.3. The number of hydrogen-bond acceptors (Lipinski definition) is 3. The van der Waals surface area contributed by atoms with Crippen LogP contribution in [-0.2, 0) is 12.6 Å². The van der Waals surface area contributed by atoms with Gasteiger partial charge in [-0.25, -0.2) is 9.67 Å². The molecule has 0 aliphatic rings. The van der Waals surface area contributed by atoms with Gasteiger partial charge in [-0.1, -0.05) is 36.4 Å². The SMILES string of the molecule is CC(=O)c1cnn(-c2ccccc2C)c1/N=C(\C)Cc1cccc(C(F)(F)F)c1. The number of nitrogens with zero attached hydrogens (tertiary/aromatic N) is 3. The lowest BCUT2D eigenvalue weighted by atomic mass is 10.1. The first-order valence-corrected chi connectivity index (χ1v) is 9.02. The fourth-order valence-electron chi connectivity index (χ4n) is 3.05. The van der Waals surface area contributed by atoms with Crippen molar-refractivity contribution in [3.8, 4) is 5.69 Å². The Morgan fingerprint density at radius 3 is 2.48 bits per heavy atom. The number of halogens is 3. The molecule has 29 heavy (non-hydrogen) atoms. The average molecular weight is 399 g/mol. The van der Waals surface area contributed by atoms with Gasteiger partial charge in [0.15, 0.2) is 11.6 Å². The molecule has 0 saturated carbocycles. The first-order chi connectivity index (χ1) is 13.7. The van der Waals surface area contributed by atoms with Crippen molar-refractivity contribution in [2.45, 2.75) is 33.4 Å². The molecular formula is C22H20F3N3O. The highest BCUT2D eigenvalue weighted by molar-refractivity contribution is 5.99. The van der Waals surface area contributed by atoms with Gasteiger partial charge in [-0.15, -0.1) is 0 Å². The first kappa shape index (κ1) is 20.5. The molecule has 0 unspecified atom stereocenters. The van der Waals surface area contributed by atoms with E-state index in [1.165, 1.54) is 19.2 Å². The van der Waals surface area contributed by atoms with Crippen molar-refractivity contribution in [3.05, 3.63) is 77.0 Å².